The summed E-state index contributed by atoms with van der Waals surface area (Å²) in [5.41, 5.74) is 0.516. The van der Waals surface area contributed by atoms with Crippen LogP contribution in [0.3, 0.4) is 0 Å². The van der Waals surface area contributed by atoms with Gasteiger partial charge in [0.25, 0.3) is 11.5 Å². The number of hydrogen-bond acceptors (Lipinski definition) is 3. The minimum absolute atomic E-state index is 0.127. The number of benzene rings is 2. The van der Waals surface area contributed by atoms with E-state index in [1.54, 1.807) is 6.92 Å². The van der Waals surface area contributed by atoms with Crippen molar-refractivity contribution in [2.24, 2.45) is 0 Å². The quantitative estimate of drug-likeness (QED) is 0.495. The van der Waals surface area contributed by atoms with Crippen LogP contribution in [0.5, 0.6) is 0 Å². The number of nitrogens with one attached hydrogen (secondary N) is 2. The van der Waals surface area contributed by atoms with Crippen molar-refractivity contribution in [2.75, 3.05) is 0 Å². The van der Waals surface area contributed by atoms with E-state index in [4.69, 9.17) is 0 Å². The van der Waals surface area contributed by atoms with E-state index in [-0.39, 0.29) is 23.4 Å². The van der Waals surface area contributed by atoms with Crippen LogP contribution in [0.2, 0.25) is 0 Å². The Bertz CT molecular complexity index is 1290. The van der Waals surface area contributed by atoms with Crippen molar-refractivity contribution in [2.45, 2.75) is 13.5 Å². The predicted molar refractivity (Wildman–Crippen MR) is 105 cm³/mol. The van der Waals surface area contributed by atoms with Crippen LogP contribution in [-0.4, -0.2) is 26.6 Å². The third kappa shape index (κ3) is 3.75. The lowest BCUT2D eigenvalue weighted by molar-refractivity contribution is -0.123. The van der Waals surface area contributed by atoms with E-state index in [9.17, 15) is 27.6 Å². The van der Waals surface area contributed by atoms with Crippen molar-refractivity contribution in [3.8, 4) is 5.69 Å². The molecule has 2 heterocycles. The molecule has 0 saturated carbocycles. The Morgan fingerprint density at radius 3 is 2.35 bits per heavy atom. The Hall–Kier alpha value is -4.08. The summed E-state index contributed by atoms with van der Waals surface area (Å²) in [6.07, 6.45) is 1.24. The second-order valence-electron chi connectivity index (χ2n) is 6.90. The summed E-state index contributed by atoms with van der Waals surface area (Å²) in [7, 11) is 0. The minimum Gasteiger partial charge on any atom is -0.303 e. The number of amides is 3. The molecule has 7 nitrogen and oxygen atoms in total. The maximum atomic E-state index is 13.4. The summed E-state index contributed by atoms with van der Waals surface area (Å²) in [4.78, 5) is 38.5. The number of aromatic amines is 1. The highest BCUT2D eigenvalue weighted by molar-refractivity contribution is 6.13. The maximum absolute atomic E-state index is 13.4. The van der Waals surface area contributed by atoms with Crippen LogP contribution >= 0.6 is 0 Å². The lowest BCUT2D eigenvalue weighted by Gasteiger charge is -2.11. The van der Waals surface area contributed by atoms with Gasteiger partial charge in [-0.25, -0.2) is 22.6 Å². The smallest absolute Gasteiger partial charge is 0.303 e. The number of carbonyl (C=O) groups excluding carboxylic acids is 2. The molecule has 3 aromatic rings. The second-order valence-corrected chi connectivity index (χ2v) is 6.90. The molecule has 4 rings (SSSR count). The van der Waals surface area contributed by atoms with Gasteiger partial charge in [-0.15, -0.1) is 0 Å². The maximum Gasteiger partial charge on any atom is 0.329 e. The average Bonchev–Trinajstić information content (AvgIpc) is 3.16. The van der Waals surface area contributed by atoms with Gasteiger partial charge in [0.05, 0.1) is 17.8 Å². The van der Waals surface area contributed by atoms with Gasteiger partial charge < -0.3 is 5.32 Å². The monoisotopic (exact) mass is 428 g/mol. The number of aryl methyl sites for hydroxylation is 1. The van der Waals surface area contributed by atoms with E-state index in [0.29, 0.717) is 11.4 Å². The summed E-state index contributed by atoms with van der Waals surface area (Å²) in [6, 6.07) is 7.54. The van der Waals surface area contributed by atoms with Gasteiger partial charge in [-0.1, -0.05) is 6.07 Å². The molecule has 0 unspecified atom stereocenters. The number of hydrogen-bond donors (Lipinski definition) is 2. The Labute approximate surface area is 173 Å². The molecule has 3 amide bonds. The van der Waals surface area contributed by atoms with Crippen LogP contribution < -0.4 is 10.9 Å². The van der Waals surface area contributed by atoms with Gasteiger partial charge in [0.15, 0.2) is 11.6 Å². The first-order chi connectivity index (χ1) is 14.7. The van der Waals surface area contributed by atoms with E-state index in [1.807, 2.05) is 0 Å². The number of carbonyl (C=O) groups is 2. The Morgan fingerprint density at radius 2 is 1.68 bits per heavy atom. The van der Waals surface area contributed by atoms with Crippen LogP contribution in [-0.2, 0) is 11.3 Å². The van der Waals surface area contributed by atoms with Crippen molar-refractivity contribution in [3.63, 3.8) is 0 Å². The lowest BCUT2D eigenvalue weighted by Crippen LogP contribution is -2.30. The number of halogens is 3. The fraction of sp³-hybridized carbons (Fsp3) is 0.0952. The van der Waals surface area contributed by atoms with Crippen molar-refractivity contribution >= 4 is 18.0 Å². The molecule has 1 aromatic heterocycles. The summed E-state index contributed by atoms with van der Waals surface area (Å²) in [5.74, 6) is -3.31. The van der Waals surface area contributed by atoms with Crippen LogP contribution in [0.25, 0.3) is 11.8 Å². The summed E-state index contributed by atoms with van der Waals surface area (Å²) >= 11 is 0. The van der Waals surface area contributed by atoms with Gasteiger partial charge in [0, 0.05) is 5.69 Å². The molecule has 0 radical (unpaired) electrons. The Kier molecular flexibility index (Phi) is 4.97. The van der Waals surface area contributed by atoms with Crippen molar-refractivity contribution in [1.82, 2.24) is 20.0 Å². The van der Waals surface area contributed by atoms with E-state index < -0.39 is 34.9 Å². The van der Waals surface area contributed by atoms with Gasteiger partial charge >= 0.3 is 6.03 Å². The minimum atomic E-state index is -1.09. The first kappa shape index (κ1) is 20.2. The molecule has 0 bridgehead atoms. The fourth-order valence-electron chi connectivity index (χ4n) is 3.18. The van der Waals surface area contributed by atoms with Crippen molar-refractivity contribution in [3.05, 3.63) is 92.8 Å². The van der Waals surface area contributed by atoms with Gasteiger partial charge in [0.2, 0.25) is 0 Å². The topological polar surface area (TPSA) is 87.2 Å². The molecular weight excluding hydrogens is 413 g/mol. The van der Waals surface area contributed by atoms with Gasteiger partial charge in [-0.05, 0) is 55.0 Å². The van der Waals surface area contributed by atoms with Crippen LogP contribution in [0.4, 0.5) is 18.0 Å². The number of H-pyrrole nitrogens is 1. The highest BCUT2D eigenvalue weighted by Gasteiger charge is 2.34. The summed E-state index contributed by atoms with van der Waals surface area (Å²) in [6.45, 7) is 1.33. The van der Waals surface area contributed by atoms with E-state index in [0.717, 1.165) is 17.0 Å². The molecular formula is C21H15F3N4O3. The molecule has 0 aliphatic carbocycles. The summed E-state index contributed by atoms with van der Waals surface area (Å²) < 4.78 is 40.8. The number of imide groups is 1. The largest absolute Gasteiger partial charge is 0.329 e. The van der Waals surface area contributed by atoms with E-state index in [1.165, 1.54) is 41.1 Å². The molecule has 1 fully saturated rings. The number of nitrogens with zero attached hydrogens (tertiary/aromatic N) is 2. The molecule has 31 heavy (non-hydrogen) atoms. The first-order valence-electron chi connectivity index (χ1n) is 9.10. The number of aromatic nitrogens is 2. The molecule has 0 atom stereocenters. The van der Waals surface area contributed by atoms with Crippen molar-refractivity contribution < 1.29 is 22.8 Å². The Morgan fingerprint density at radius 1 is 0.968 bits per heavy atom. The second kappa shape index (κ2) is 7.63. The van der Waals surface area contributed by atoms with Gasteiger partial charge in [-0.2, -0.15) is 0 Å². The molecule has 1 aliphatic rings. The SMILES string of the molecule is Cc1[nH]n(-c2ccc(F)cc2)c(=O)c1C=C1NC(=O)N(Cc2ccc(F)c(F)c2)C1=O. The van der Waals surface area contributed by atoms with Crippen LogP contribution in [0.1, 0.15) is 16.8 Å². The lowest BCUT2D eigenvalue weighted by atomic mass is 10.2. The summed E-state index contributed by atoms with van der Waals surface area (Å²) in [5, 5.41) is 5.21. The van der Waals surface area contributed by atoms with Crippen molar-refractivity contribution in [1.29, 1.82) is 0 Å². The van der Waals surface area contributed by atoms with E-state index in [2.05, 4.69) is 10.4 Å². The molecule has 1 saturated heterocycles. The zero-order chi connectivity index (χ0) is 22.3. The fourth-order valence-corrected chi connectivity index (χ4v) is 3.18. The number of rotatable bonds is 4. The molecule has 1 aliphatic heterocycles. The van der Waals surface area contributed by atoms with Gasteiger partial charge in [0.1, 0.15) is 11.5 Å². The molecule has 0 spiro atoms. The van der Waals surface area contributed by atoms with Crippen LogP contribution in [0, 0.1) is 24.4 Å². The molecule has 2 aromatic carbocycles. The molecule has 10 heteroatoms. The van der Waals surface area contributed by atoms with Crippen LogP contribution in [0.15, 0.2) is 53.0 Å². The van der Waals surface area contributed by atoms with Gasteiger partial charge in [-0.3, -0.25) is 19.6 Å². The third-order valence-corrected chi connectivity index (χ3v) is 4.78. The highest BCUT2D eigenvalue weighted by Crippen LogP contribution is 2.19. The zero-order valence-electron chi connectivity index (χ0n) is 16.1. The standard InChI is InChI=1S/C21H15F3N4O3/c1-11-15(19(29)28(26-11)14-5-3-13(22)4-6-14)9-18-20(30)27(21(31)25-18)10-12-2-7-16(23)17(24)8-12/h2-9,26H,10H2,1H3,(H,25,31). The molecule has 158 valence electrons. The van der Waals surface area contributed by atoms with E-state index >= 15 is 0 Å². The third-order valence-electron chi connectivity index (χ3n) is 4.78. The molecule has 2 N–H and O–H groups in total. The normalized spacial score (nSPS) is 15.1. The predicted octanol–water partition coefficient (Wildman–Crippen LogP) is 2.98. The Balaban J connectivity index is 1.63. The highest BCUT2D eigenvalue weighted by atomic mass is 19.2. The number of urea groups is 1. The first-order valence-corrected chi connectivity index (χ1v) is 9.10. The zero-order valence-corrected chi connectivity index (χ0v) is 16.1. The average molecular weight is 428 g/mol.